The van der Waals surface area contributed by atoms with Crippen LogP contribution in [0.3, 0.4) is 0 Å². The maximum absolute atomic E-state index is 9.49. The third-order valence-corrected chi connectivity index (χ3v) is 0.495. The molecule has 0 aromatic carbocycles. The van der Waals surface area contributed by atoms with E-state index >= 15 is 0 Å². The van der Waals surface area contributed by atoms with Gasteiger partial charge in [-0.15, -0.1) is 0 Å². The number of carbonyl (C=O) groups is 2. The summed E-state index contributed by atoms with van der Waals surface area (Å²) in [5.74, 6) is 0. The minimum atomic E-state index is -1.10. The Morgan fingerprint density at radius 3 is 1.90 bits per heavy atom. The van der Waals surface area contributed by atoms with Crippen molar-refractivity contribution in [3.8, 4) is 0 Å². The molecule has 3 heteroatoms. The molecule has 0 amide bonds. The van der Waals surface area contributed by atoms with Crippen LogP contribution < -0.4 is 0 Å². The Morgan fingerprint density at radius 1 is 1.40 bits per heavy atom. The molecule has 0 aliphatic carbocycles. The van der Waals surface area contributed by atoms with Gasteiger partial charge in [-0.3, -0.25) is 0 Å². The summed E-state index contributed by atoms with van der Waals surface area (Å²) in [6.07, 6.45) is 0.884. The van der Waals surface area contributed by atoms with E-state index in [0.717, 1.165) is 0 Å². The molecule has 3 nitrogen and oxygen atoms in total. The zero-order valence-corrected chi connectivity index (χ0v) is 6.41. The Balaban J connectivity index is 0. The molecule has 60 valence electrons. The fourth-order valence-electron chi connectivity index (χ4n) is 0.154. The van der Waals surface area contributed by atoms with Crippen molar-refractivity contribution in [3.05, 3.63) is 0 Å². The minimum absolute atomic E-state index is 0.0938. The second-order valence-electron chi connectivity index (χ2n) is 1.81. The van der Waals surface area contributed by atoms with Crippen LogP contribution in [0.15, 0.2) is 0 Å². The van der Waals surface area contributed by atoms with Crippen molar-refractivity contribution in [1.29, 1.82) is 0 Å². The monoisotopic (exact) mass is 146 g/mol. The molecule has 0 fully saturated rings. The lowest BCUT2D eigenvalue weighted by Gasteiger charge is -1.88. The first-order valence-electron chi connectivity index (χ1n) is 3.29. The van der Waals surface area contributed by atoms with E-state index in [9.17, 15) is 9.59 Å². The van der Waals surface area contributed by atoms with Crippen LogP contribution >= 0.6 is 0 Å². The Hall–Kier alpha value is -0.700. The smallest absolute Gasteiger partial charge is 0.148 e. The van der Waals surface area contributed by atoms with Crippen molar-refractivity contribution >= 4 is 12.6 Å². The summed E-state index contributed by atoms with van der Waals surface area (Å²) in [7, 11) is 0. The van der Waals surface area contributed by atoms with E-state index in [1.54, 1.807) is 0 Å². The Kier molecular flexibility index (Phi) is 13.4. The van der Waals surface area contributed by atoms with Crippen molar-refractivity contribution in [2.45, 2.75) is 32.8 Å². The van der Waals surface area contributed by atoms with Crippen molar-refractivity contribution in [1.82, 2.24) is 0 Å². The van der Waals surface area contributed by atoms with E-state index in [0.29, 0.717) is 12.6 Å². The van der Waals surface area contributed by atoms with Crippen LogP contribution in [-0.2, 0) is 9.59 Å². The number of hydrogen-bond donors (Lipinski definition) is 1. The van der Waals surface area contributed by atoms with Crippen LogP contribution in [-0.4, -0.2) is 23.8 Å². The number of aldehydes is 2. The summed E-state index contributed by atoms with van der Waals surface area (Å²) in [4.78, 5) is 18.9. The van der Waals surface area contributed by atoms with Crippen LogP contribution in [0.4, 0.5) is 0 Å². The predicted molar refractivity (Wildman–Crippen MR) is 38.7 cm³/mol. The predicted octanol–water partition coefficient (Wildman–Crippen LogP) is 0.551. The average molecular weight is 146 g/mol. The molecule has 0 aromatic heterocycles. The van der Waals surface area contributed by atoms with E-state index in [2.05, 4.69) is 13.8 Å². The van der Waals surface area contributed by atoms with Gasteiger partial charge in [-0.05, 0) is 0 Å². The molecule has 0 spiro atoms. The summed E-state index contributed by atoms with van der Waals surface area (Å²) >= 11 is 0. The molecule has 1 atom stereocenters. The molecule has 0 bridgehead atoms. The summed E-state index contributed by atoms with van der Waals surface area (Å²) in [5, 5.41) is 8.26. The lowest BCUT2D eigenvalue weighted by atomic mass is 10.3. The van der Waals surface area contributed by atoms with Gasteiger partial charge < -0.3 is 14.7 Å². The molecule has 10 heavy (non-hydrogen) atoms. The average Bonchev–Trinajstić information content (AvgIpc) is 1.90. The molecular formula is C7H14O3. The minimum Gasteiger partial charge on any atom is -0.385 e. The third-order valence-electron chi connectivity index (χ3n) is 0.495. The van der Waals surface area contributed by atoms with E-state index in [-0.39, 0.29) is 6.42 Å². The second-order valence-corrected chi connectivity index (χ2v) is 1.81. The van der Waals surface area contributed by atoms with Crippen molar-refractivity contribution in [2.24, 2.45) is 0 Å². The standard InChI is InChI=1S/C4H6O3.C3H8/c5-2-1-4(7)3-6;1-3-2/h2-4,7H,1H2;3H2,1-2H3. The Morgan fingerprint density at radius 2 is 1.80 bits per heavy atom. The quantitative estimate of drug-likeness (QED) is 0.591. The number of rotatable bonds is 3. The van der Waals surface area contributed by atoms with Gasteiger partial charge in [-0.2, -0.15) is 0 Å². The summed E-state index contributed by atoms with van der Waals surface area (Å²) in [6.45, 7) is 4.25. The maximum atomic E-state index is 9.49. The van der Waals surface area contributed by atoms with Crippen molar-refractivity contribution in [2.75, 3.05) is 0 Å². The zero-order valence-electron chi connectivity index (χ0n) is 6.41. The molecule has 0 aliphatic rings. The molecule has 1 unspecified atom stereocenters. The van der Waals surface area contributed by atoms with Gasteiger partial charge in [0.05, 0.1) is 0 Å². The first-order valence-corrected chi connectivity index (χ1v) is 3.29. The Bertz CT molecular complexity index is 80.9. The van der Waals surface area contributed by atoms with E-state index in [4.69, 9.17) is 5.11 Å². The van der Waals surface area contributed by atoms with Crippen LogP contribution in [0.2, 0.25) is 0 Å². The normalized spacial score (nSPS) is 10.7. The lowest BCUT2D eigenvalue weighted by Crippen LogP contribution is -2.07. The van der Waals surface area contributed by atoms with Gasteiger partial charge in [0.1, 0.15) is 18.7 Å². The molecule has 0 saturated carbocycles. The first kappa shape index (κ1) is 12.0. The van der Waals surface area contributed by atoms with Gasteiger partial charge in [0.15, 0.2) is 0 Å². The number of hydrogen-bond acceptors (Lipinski definition) is 3. The van der Waals surface area contributed by atoms with E-state index in [1.807, 2.05) is 0 Å². The van der Waals surface area contributed by atoms with E-state index in [1.165, 1.54) is 6.42 Å². The van der Waals surface area contributed by atoms with Gasteiger partial charge in [0, 0.05) is 6.42 Å². The van der Waals surface area contributed by atoms with E-state index < -0.39 is 6.10 Å². The topological polar surface area (TPSA) is 54.4 Å². The maximum Gasteiger partial charge on any atom is 0.148 e. The molecule has 0 radical (unpaired) electrons. The number of carbonyl (C=O) groups excluding carboxylic acids is 2. The summed E-state index contributed by atoms with van der Waals surface area (Å²) < 4.78 is 0. The molecule has 0 heterocycles. The lowest BCUT2D eigenvalue weighted by molar-refractivity contribution is -0.119. The molecule has 0 aromatic rings. The van der Waals surface area contributed by atoms with Crippen LogP contribution in [0.5, 0.6) is 0 Å². The van der Waals surface area contributed by atoms with Gasteiger partial charge in [0.2, 0.25) is 0 Å². The van der Waals surface area contributed by atoms with Gasteiger partial charge >= 0.3 is 0 Å². The van der Waals surface area contributed by atoms with Crippen LogP contribution in [0, 0.1) is 0 Å². The highest BCUT2D eigenvalue weighted by Crippen LogP contribution is 1.78. The van der Waals surface area contributed by atoms with Crippen molar-refractivity contribution in [3.63, 3.8) is 0 Å². The van der Waals surface area contributed by atoms with Gasteiger partial charge in [-0.25, -0.2) is 0 Å². The van der Waals surface area contributed by atoms with Crippen molar-refractivity contribution < 1.29 is 14.7 Å². The highest BCUT2D eigenvalue weighted by Gasteiger charge is 1.95. The number of aliphatic hydroxyl groups is 1. The molecule has 0 aliphatic heterocycles. The molecular weight excluding hydrogens is 132 g/mol. The summed E-state index contributed by atoms with van der Waals surface area (Å²) in [6, 6.07) is 0. The molecule has 0 saturated heterocycles. The highest BCUT2D eigenvalue weighted by molar-refractivity contribution is 5.63. The fourth-order valence-corrected chi connectivity index (χ4v) is 0.154. The largest absolute Gasteiger partial charge is 0.385 e. The van der Waals surface area contributed by atoms with Crippen LogP contribution in [0.1, 0.15) is 26.7 Å². The Labute approximate surface area is 61.1 Å². The highest BCUT2D eigenvalue weighted by atomic mass is 16.3. The summed E-state index contributed by atoms with van der Waals surface area (Å²) in [5.41, 5.74) is 0. The van der Waals surface area contributed by atoms with Gasteiger partial charge in [-0.1, -0.05) is 20.3 Å². The third kappa shape index (κ3) is 15.7. The van der Waals surface area contributed by atoms with Gasteiger partial charge in [0.25, 0.3) is 0 Å². The molecule has 0 rings (SSSR count). The second kappa shape index (κ2) is 11.1. The first-order chi connectivity index (χ1) is 4.72. The fraction of sp³-hybridized carbons (Fsp3) is 0.714. The molecule has 1 N–H and O–H groups in total. The zero-order chi connectivity index (χ0) is 8.41. The SMILES string of the molecule is CCC.O=CCC(O)C=O. The van der Waals surface area contributed by atoms with Crippen LogP contribution in [0.25, 0.3) is 0 Å². The number of aliphatic hydroxyl groups excluding tert-OH is 1.